The molecule has 23 heavy (non-hydrogen) atoms. The Morgan fingerprint density at radius 1 is 1.35 bits per heavy atom. The Kier molecular flexibility index (Phi) is 4.92. The van der Waals surface area contributed by atoms with Gasteiger partial charge in [0, 0.05) is 6.04 Å². The summed E-state index contributed by atoms with van der Waals surface area (Å²) in [6.45, 7) is 4.23. The molecule has 1 aromatic carbocycles. The second-order valence-corrected chi connectivity index (χ2v) is 7.35. The van der Waals surface area contributed by atoms with E-state index >= 15 is 0 Å². The van der Waals surface area contributed by atoms with Gasteiger partial charge in [-0.25, -0.2) is 4.98 Å². The van der Waals surface area contributed by atoms with Crippen molar-refractivity contribution in [2.24, 2.45) is 0 Å². The number of nitrogens with one attached hydrogen (secondary N) is 2. The topological polar surface area (TPSA) is 83.6 Å². The number of anilines is 1. The number of benzene rings is 1. The summed E-state index contributed by atoms with van der Waals surface area (Å²) in [7, 11) is 0. The molecule has 0 bridgehead atoms. The maximum absolute atomic E-state index is 12.0. The number of aromatic amines is 1. The minimum Gasteiger partial charge on any atom is -0.358 e. The summed E-state index contributed by atoms with van der Waals surface area (Å²) in [4.78, 5) is 19.3. The smallest absolute Gasteiger partial charge is 0.258 e. The van der Waals surface area contributed by atoms with Crippen LogP contribution < -0.4 is 10.9 Å². The number of fused-ring (bicyclic) bond motifs is 1. The fourth-order valence-electron chi connectivity index (χ4n) is 1.97. The third-order valence-electron chi connectivity index (χ3n) is 3.38. The number of hydrogen-bond acceptors (Lipinski definition) is 7. The second kappa shape index (κ2) is 7.10. The zero-order chi connectivity index (χ0) is 16.2. The lowest BCUT2D eigenvalue weighted by Crippen LogP contribution is -2.12. The summed E-state index contributed by atoms with van der Waals surface area (Å²) < 4.78 is 0.853. The molecule has 1 unspecified atom stereocenters. The maximum Gasteiger partial charge on any atom is 0.258 e. The first-order valence-electron chi connectivity index (χ1n) is 7.36. The van der Waals surface area contributed by atoms with E-state index in [1.165, 1.54) is 23.1 Å². The van der Waals surface area contributed by atoms with Crippen molar-refractivity contribution in [3.05, 3.63) is 40.4 Å². The standard InChI is InChI=1S/C15H17N5OS2/c1-3-9(2)16-14-19-20-15(23-14)22-8-12-17-11-7-5-4-6-10(11)13(21)18-12/h4-7,9H,3,8H2,1-2H3,(H,16,19)(H,17,18,21). The Bertz CT molecular complexity index is 860. The van der Waals surface area contributed by atoms with Gasteiger partial charge in [-0.05, 0) is 25.5 Å². The Morgan fingerprint density at radius 3 is 3.00 bits per heavy atom. The van der Waals surface area contributed by atoms with Crippen LogP contribution in [0.25, 0.3) is 10.9 Å². The number of rotatable bonds is 6. The van der Waals surface area contributed by atoms with Crippen LogP contribution in [0.15, 0.2) is 33.4 Å². The molecule has 2 N–H and O–H groups in total. The van der Waals surface area contributed by atoms with E-state index in [1.807, 2.05) is 18.2 Å². The van der Waals surface area contributed by atoms with E-state index in [2.05, 4.69) is 39.3 Å². The highest BCUT2D eigenvalue weighted by Crippen LogP contribution is 2.28. The molecule has 3 aromatic rings. The van der Waals surface area contributed by atoms with Crippen molar-refractivity contribution >= 4 is 39.1 Å². The molecule has 1 atom stereocenters. The van der Waals surface area contributed by atoms with E-state index in [9.17, 15) is 4.79 Å². The Morgan fingerprint density at radius 2 is 2.17 bits per heavy atom. The molecule has 3 rings (SSSR count). The summed E-state index contributed by atoms with van der Waals surface area (Å²) in [6.07, 6.45) is 1.03. The molecule has 2 aromatic heterocycles. The number of hydrogen-bond donors (Lipinski definition) is 2. The number of nitrogens with zero attached hydrogens (tertiary/aromatic N) is 3. The molecule has 0 fully saturated rings. The summed E-state index contributed by atoms with van der Waals surface area (Å²) >= 11 is 3.03. The van der Waals surface area contributed by atoms with Gasteiger partial charge in [0.2, 0.25) is 5.13 Å². The summed E-state index contributed by atoms with van der Waals surface area (Å²) in [5.74, 6) is 1.20. The molecular weight excluding hydrogens is 330 g/mol. The summed E-state index contributed by atoms with van der Waals surface area (Å²) in [5, 5.41) is 13.0. The minimum atomic E-state index is -0.109. The lowest BCUT2D eigenvalue weighted by Gasteiger charge is -2.07. The fourth-order valence-corrected chi connectivity index (χ4v) is 3.71. The van der Waals surface area contributed by atoms with Crippen molar-refractivity contribution in [3.8, 4) is 0 Å². The predicted octanol–water partition coefficient (Wildman–Crippen LogP) is 3.28. The zero-order valence-corrected chi connectivity index (χ0v) is 14.5. The van der Waals surface area contributed by atoms with Gasteiger partial charge in [-0.2, -0.15) is 0 Å². The maximum atomic E-state index is 12.0. The van der Waals surface area contributed by atoms with Crippen LogP contribution in [0.4, 0.5) is 5.13 Å². The molecule has 0 aliphatic rings. The van der Waals surface area contributed by atoms with Crippen molar-refractivity contribution < 1.29 is 0 Å². The van der Waals surface area contributed by atoms with E-state index in [1.54, 1.807) is 6.07 Å². The van der Waals surface area contributed by atoms with Gasteiger partial charge < -0.3 is 10.3 Å². The van der Waals surface area contributed by atoms with Crippen molar-refractivity contribution in [1.82, 2.24) is 20.2 Å². The minimum absolute atomic E-state index is 0.109. The molecule has 0 aliphatic heterocycles. The van der Waals surface area contributed by atoms with Gasteiger partial charge in [-0.1, -0.05) is 42.2 Å². The van der Waals surface area contributed by atoms with Crippen LogP contribution in [0.2, 0.25) is 0 Å². The van der Waals surface area contributed by atoms with Crippen molar-refractivity contribution in [1.29, 1.82) is 0 Å². The van der Waals surface area contributed by atoms with Crippen LogP contribution in [0.3, 0.4) is 0 Å². The van der Waals surface area contributed by atoms with Crippen LogP contribution in [-0.2, 0) is 5.75 Å². The van der Waals surface area contributed by atoms with Crippen molar-refractivity contribution in [3.63, 3.8) is 0 Å². The Labute approximate surface area is 141 Å². The molecule has 120 valence electrons. The van der Waals surface area contributed by atoms with Gasteiger partial charge in [-0.3, -0.25) is 4.79 Å². The molecule has 0 saturated heterocycles. The molecule has 6 nitrogen and oxygen atoms in total. The van der Waals surface area contributed by atoms with Crippen molar-refractivity contribution in [2.75, 3.05) is 5.32 Å². The Balaban J connectivity index is 1.70. The molecule has 0 aliphatic carbocycles. The van der Waals surface area contributed by atoms with Crippen LogP contribution in [0.1, 0.15) is 26.1 Å². The van der Waals surface area contributed by atoms with Crippen LogP contribution >= 0.6 is 23.1 Å². The zero-order valence-electron chi connectivity index (χ0n) is 12.9. The van der Waals surface area contributed by atoms with E-state index in [-0.39, 0.29) is 5.56 Å². The number of aromatic nitrogens is 4. The molecule has 8 heteroatoms. The SMILES string of the molecule is CCC(C)Nc1nnc(SCc2nc3ccccc3c(=O)[nH]2)s1. The van der Waals surface area contributed by atoms with Gasteiger partial charge in [0.1, 0.15) is 5.82 Å². The number of para-hydroxylation sites is 1. The number of H-pyrrole nitrogens is 1. The highest BCUT2D eigenvalue weighted by Gasteiger charge is 2.09. The first-order valence-corrected chi connectivity index (χ1v) is 9.16. The molecule has 0 radical (unpaired) electrons. The van der Waals surface area contributed by atoms with Gasteiger partial charge in [0.05, 0.1) is 16.7 Å². The van der Waals surface area contributed by atoms with E-state index in [0.29, 0.717) is 28.5 Å². The predicted molar refractivity (Wildman–Crippen MR) is 95.2 cm³/mol. The first kappa shape index (κ1) is 15.9. The molecule has 0 amide bonds. The van der Waals surface area contributed by atoms with Gasteiger partial charge >= 0.3 is 0 Å². The third-order valence-corrected chi connectivity index (χ3v) is 5.38. The quantitative estimate of drug-likeness (QED) is 0.666. The molecule has 2 heterocycles. The summed E-state index contributed by atoms with van der Waals surface area (Å²) in [6, 6.07) is 7.71. The lowest BCUT2D eigenvalue weighted by atomic mass is 10.2. The lowest BCUT2D eigenvalue weighted by molar-refractivity contribution is 0.759. The van der Waals surface area contributed by atoms with E-state index in [0.717, 1.165) is 15.9 Å². The largest absolute Gasteiger partial charge is 0.358 e. The number of thioether (sulfide) groups is 1. The van der Waals surface area contributed by atoms with E-state index < -0.39 is 0 Å². The average molecular weight is 347 g/mol. The molecular formula is C15H17N5OS2. The Hall–Kier alpha value is -1.93. The van der Waals surface area contributed by atoms with Crippen LogP contribution in [-0.4, -0.2) is 26.2 Å². The third kappa shape index (κ3) is 3.89. The second-order valence-electron chi connectivity index (χ2n) is 5.15. The van der Waals surface area contributed by atoms with E-state index in [4.69, 9.17) is 0 Å². The van der Waals surface area contributed by atoms with Gasteiger partial charge in [0.25, 0.3) is 5.56 Å². The van der Waals surface area contributed by atoms with Gasteiger partial charge in [0.15, 0.2) is 4.34 Å². The highest BCUT2D eigenvalue weighted by atomic mass is 32.2. The fraction of sp³-hybridized carbons (Fsp3) is 0.333. The molecule has 0 spiro atoms. The van der Waals surface area contributed by atoms with Crippen LogP contribution in [0, 0.1) is 0 Å². The van der Waals surface area contributed by atoms with Crippen molar-refractivity contribution in [2.45, 2.75) is 36.4 Å². The first-order chi connectivity index (χ1) is 11.2. The summed E-state index contributed by atoms with van der Waals surface area (Å²) in [5.41, 5.74) is 0.603. The van der Waals surface area contributed by atoms with Gasteiger partial charge in [-0.15, -0.1) is 10.2 Å². The average Bonchev–Trinajstić information content (AvgIpc) is 3.00. The highest BCUT2D eigenvalue weighted by molar-refractivity contribution is 8.00. The van der Waals surface area contributed by atoms with Crippen LogP contribution in [0.5, 0.6) is 0 Å². The molecule has 0 saturated carbocycles. The monoisotopic (exact) mass is 347 g/mol. The normalized spacial score (nSPS) is 12.4.